The van der Waals surface area contributed by atoms with Gasteiger partial charge in [0.05, 0.1) is 0 Å². The van der Waals surface area contributed by atoms with Crippen molar-refractivity contribution in [1.82, 2.24) is 0 Å². The minimum absolute atomic E-state index is 0. The van der Waals surface area contributed by atoms with Crippen LogP contribution in [0.2, 0.25) is 0 Å². The number of hydrogen-bond acceptors (Lipinski definition) is 4. The third-order valence-corrected chi connectivity index (χ3v) is 10.0. The maximum Gasteiger partial charge on any atom is 2.00 e. The van der Waals surface area contributed by atoms with E-state index in [1.54, 1.807) is 0 Å². The summed E-state index contributed by atoms with van der Waals surface area (Å²) < 4.78 is 0. The van der Waals surface area contributed by atoms with Crippen molar-refractivity contribution in [3.63, 3.8) is 0 Å². The van der Waals surface area contributed by atoms with Crippen molar-refractivity contribution >= 4 is 28.9 Å². The second kappa shape index (κ2) is 26.6. The van der Waals surface area contributed by atoms with Crippen molar-refractivity contribution in [1.29, 1.82) is 0 Å². The monoisotopic (exact) mass is 632 g/mol. The van der Waals surface area contributed by atoms with Crippen molar-refractivity contribution in [2.45, 2.75) is 173 Å². The molecule has 38 heavy (non-hydrogen) atoms. The first kappa shape index (κ1) is 38.8. The van der Waals surface area contributed by atoms with Crippen molar-refractivity contribution in [2.75, 3.05) is 0 Å². The summed E-state index contributed by atoms with van der Waals surface area (Å²) in [5.74, 6) is 0. The molecule has 0 saturated heterocycles. The molecule has 1 aromatic rings. The van der Waals surface area contributed by atoms with Crippen LogP contribution in [0.5, 0.6) is 0 Å². The first-order valence-corrected chi connectivity index (χ1v) is 19.8. The predicted molar refractivity (Wildman–Crippen MR) is 167 cm³/mol. The quantitative estimate of drug-likeness (QED) is 0.0578. The molecule has 216 valence electrons. The average Bonchev–Trinajstić information content (AvgIpc) is 2.85. The molecule has 0 spiro atoms. The van der Waals surface area contributed by atoms with E-state index in [2.05, 4.69) is 43.9 Å². The Morgan fingerprint density at radius 3 is 1.11 bits per heavy atom. The second-order valence-corrected chi connectivity index (χ2v) is 16.8. The van der Waals surface area contributed by atoms with Crippen LogP contribution in [0, 0.1) is 0 Å². The largest absolute Gasteiger partial charge is 2.00 e. The zero-order valence-electron chi connectivity index (χ0n) is 25.0. The molecule has 0 aliphatic heterocycles. The summed E-state index contributed by atoms with van der Waals surface area (Å²) in [6.45, 7) is 4.55. The van der Waals surface area contributed by atoms with Crippen molar-refractivity contribution < 1.29 is 29.3 Å². The first-order chi connectivity index (χ1) is 17.9. The average molecular weight is 634 g/mol. The maximum absolute atomic E-state index is 11.7. The fourth-order valence-corrected chi connectivity index (χ4v) is 7.72. The molecule has 0 amide bonds. The molecule has 0 bridgehead atoms. The maximum atomic E-state index is 11.7. The molecule has 0 heterocycles. The molecule has 0 N–H and O–H groups in total. The molecule has 2 nitrogen and oxygen atoms in total. The zero-order valence-corrected chi connectivity index (χ0v) is 30.5. The molecule has 6 heteroatoms. The van der Waals surface area contributed by atoms with Crippen molar-refractivity contribution in [3.05, 3.63) is 29.3 Å². The van der Waals surface area contributed by atoms with E-state index in [9.17, 15) is 9.79 Å². The van der Waals surface area contributed by atoms with Gasteiger partial charge in [0.25, 0.3) is 0 Å². The molecular weight excluding hydrogens is 577 g/mol. The summed E-state index contributed by atoms with van der Waals surface area (Å²) in [6, 6.07) is 6.43. The third kappa shape index (κ3) is 24.6. The second-order valence-electron chi connectivity index (χ2n) is 11.1. The summed E-state index contributed by atoms with van der Waals surface area (Å²) in [5.41, 5.74) is -1.23. The minimum Gasteiger partial charge on any atom is -0.824 e. The van der Waals surface area contributed by atoms with Crippen LogP contribution in [0.1, 0.15) is 166 Å². The van der Waals surface area contributed by atoms with Gasteiger partial charge in [-0.05, 0) is 48.9 Å². The van der Waals surface area contributed by atoms with Crippen LogP contribution < -0.4 is 9.79 Å². The van der Waals surface area contributed by atoms with Crippen LogP contribution in [-0.4, -0.2) is 0 Å². The van der Waals surface area contributed by atoms with E-state index in [0.717, 1.165) is 29.1 Å². The van der Waals surface area contributed by atoms with Gasteiger partial charge in [-0.25, -0.2) is 0 Å². The standard InChI is InChI=1S/C32H59O2PS2.Zn/c1-3-5-7-9-11-13-15-17-19-21-23-25-30-27-31(29-32(28-30)37-35(33,34)36)26-24-22-20-18-16-14-12-10-8-6-4-2;/h27-29H,3-26H2,1-2H3,(H2,33,34,36);/q;+2/p-2. The van der Waals surface area contributed by atoms with Gasteiger partial charge in [0.1, 0.15) is 0 Å². The van der Waals surface area contributed by atoms with E-state index in [1.165, 1.54) is 152 Å². The predicted octanol–water partition coefficient (Wildman–Crippen LogP) is 10.4. The van der Waals surface area contributed by atoms with Gasteiger partial charge in [-0.15, -0.1) is 23.2 Å². The van der Waals surface area contributed by atoms with E-state index in [1.807, 2.05) is 0 Å². The Morgan fingerprint density at radius 2 is 0.816 bits per heavy atom. The van der Waals surface area contributed by atoms with Gasteiger partial charge in [-0.3, -0.25) is 0 Å². The summed E-state index contributed by atoms with van der Waals surface area (Å²) in [5, 5.41) is 0. The van der Waals surface area contributed by atoms with Gasteiger partial charge >= 0.3 is 19.5 Å². The minimum atomic E-state index is -3.79. The van der Waals surface area contributed by atoms with Gasteiger partial charge in [0.2, 0.25) is 0 Å². The molecule has 0 aromatic heterocycles. The summed E-state index contributed by atoms with van der Waals surface area (Å²) >= 11 is 5.55. The molecule has 1 rings (SSSR count). The Bertz CT molecular complexity index is 666. The van der Waals surface area contributed by atoms with Crippen LogP contribution >= 0.6 is 17.1 Å². The van der Waals surface area contributed by atoms with E-state index in [0.29, 0.717) is 0 Å². The van der Waals surface area contributed by atoms with Gasteiger partial charge in [0.15, 0.2) is 0 Å². The fraction of sp³-hybridized carbons (Fsp3) is 0.812. The molecule has 0 aliphatic carbocycles. The molecule has 0 saturated carbocycles. The molecule has 0 aliphatic rings. The number of unbranched alkanes of at least 4 members (excludes halogenated alkanes) is 20. The molecule has 0 atom stereocenters. The van der Waals surface area contributed by atoms with Crippen LogP contribution in [0.3, 0.4) is 0 Å². The van der Waals surface area contributed by atoms with Crippen LogP contribution in [0.15, 0.2) is 23.1 Å². The van der Waals surface area contributed by atoms with Crippen molar-refractivity contribution in [2.24, 2.45) is 0 Å². The molecular formula is C32H57O2PS2Zn. The van der Waals surface area contributed by atoms with Gasteiger partial charge in [0, 0.05) is 4.90 Å². The topological polar surface area (TPSA) is 46.1 Å². The third-order valence-electron chi connectivity index (χ3n) is 7.38. The fourth-order valence-electron chi connectivity index (χ4n) is 5.19. The Morgan fingerprint density at radius 1 is 0.526 bits per heavy atom. The number of rotatable bonds is 26. The van der Waals surface area contributed by atoms with Gasteiger partial charge in [-0.1, -0.05) is 148 Å². The normalized spacial score (nSPS) is 11.6. The summed E-state index contributed by atoms with van der Waals surface area (Å²) in [4.78, 5) is 24.3. The zero-order chi connectivity index (χ0) is 27.0. The van der Waals surface area contributed by atoms with Crippen LogP contribution in [0.4, 0.5) is 0 Å². The summed E-state index contributed by atoms with van der Waals surface area (Å²) in [6.07, 6.45) is 31.7. The van der Waals surface area contributed by atoms with Crippen molar-refractivity contribution in [3.8, 4) is 0 Å². The number of hydrogen-bond donors (Lipinski definition) is 0. The Kier molecular flexibility index (Phi) is 27.2. The van der Waals surface area contributed by atoms with Gasteiger partial charge in [-0.2, -0.15) is 5.69 Å². The van der Waals surface area contributed by atoms with Gasteiger partial charge < -0.3 is 9.79 Å². The Balaban J connectivity index is 0.0000137. The molecule has 1 aromatic carbocycles. The van der Waals surface area contributed by atoms with E-state index in [4.69, 9.17) is 0 Å². The smallest absolute Gasteiger partial charge is 0.824 e. The first-order valence-electron chi connectivity index (χ1n) is 15.8. The molecule has 0 unspecified atom stereocenters. The summed E-state index contributed by atoms with van der Waals surface area (Å²) in [7, 11) is 0. The van der Waals surface area contributed by atoms with Crippen LogP contribution in [0.25, 0.3) is 0 Å². The number of benzene rings is 1. The van der Waals surface area contributed by atoms with E-state index in [-0.39, 0.29) is 19.5 Å². The van der Waals surface area contributed by atoms with E-state index < -0.39 is 5.69 Å². The molecule has 0 fully saturated rings. The van der Waals surface area contributed by atoms with E-state index >= 15 is 0 Å². The SMILES string of the molecule is CCCCCCCCCCCCCc1cc(CCCCCCCCCCCCC)cc(SP([O-])([O-])=S)c1.[Zn+2]. The molecule has 0 radical (unpaired) electrons. The Labute approximate surface area is 259 Å². The van der Waals surface area contributed by atoms with Crippen LogP contribution in [-0.2, 0) is 44.1 Å². The Hall–Kier alpha value is 0.763. The number of aryl methyl sites for hydroxylation is 2.